The van der Waals surface area contributed by atoms with Gasteiger partial charge < -0.3 is 94.4 Å². The van der Waals surface area contributed by atoms with Crippen LogP contribution in [0.4, 0.5) is 0 Å². The number of aromatic hydroxyl groups is 10. The first-order valence-corrected chi connectivity index (χ1v) is 19.5. The summed E-state index contributed by atoms with van der Waals surface area (Å²) in [5.41, 5.74) is -6.89. The predicted molar refractivity (Wildman–Crippen MR) is 209 cm³/mol. The van der Waals surface area contributed by atoms with Crippen molar-refractivity contribution in [2.45, 2.75) is 56.1 Å². The molecule has 8 rings (SSSR count). The number of fused-ring (bicyclic) bond motifs is 3. The van der Waals surface area contributed by atoms with Crippen LogP contribution in [0, 0.1) is 12.8 Å². The Morgan fingerprint density at radius 3 is 1.75 bits per heavy atom. The van der Waals surface area contributed by atoms with Crippen molar-refractivity contribution in [2.75, 3.05) is 6.61 Å². The Balaban J connectivity index is 1.39. The Kier molecular flexibility index (Phi) is 11.1. The van der Waals surface area contributed by atoms with Crippen molar-refractivity contribution >= 4 is 41.8 Å². The molecule has 4 aliphatic rings. The van der Waals surface area contributed by atoms with Gasteiger partial charge >= 0.3 is 41.8 Å². The number of carboxylic acids is 1. The van der Waals surface area contributed by atoms with E-state index in [1.54, 1.807) is 0 Å². The summed E-state index contributed by atoms with van der Waals surface area (Å²) in [6, 6.07) is 2.93. The lowest BCUT2D eigenvalue weighted by Gasteiger charge is -2.44. The summed E-state index contributed by atoms with van der Waals surface area (Å²) in [7, 11) is 0. The molecule has 68 heavy (non-hydrogen) atoms. The van der Waals surface area contributed by atoms with Gasteiger partial charge in [0.2, 0.25) is 29.6 Å². The molecule has 0 aromatic heterocycles. The van der Waals surface area contributed by atoms with Crippen molar-refractivity contribution in [2.24, 2.45) is 5.92 Å². The first-order valence-electron chi connectivity index (χ1n) is 19.5. The fourth-order valence-electron chi connectivity index (χ4n) is 8.12. The Morgan fingerprint density at radius 1 is 0.632 bits per heavy atom. The highest BCUT2D eigenvalue weighted by Gasteiger charge is 2.58. The Hall–Kier alpha value is -8.91. The zero-order valence-corrected chi connectivity index (χ0v) is 34.0. The minimum Gasteiger partial charge on any atom is -0.508 e. The van der Waals surface area contributed by atoms with Gasteiger partial charge in [-0.1, -0.05) is 0 Å². The Labute approximate surface area is 376 Å². The van der Waals surface area contributed by atoms with Crippen molar-refractivity contribution in [1.29, 1.82) is 0 Å². The zero-order valence-electron chi connectivity index (χ0n) is 34.0. The van der Waals surface area contributed by atoms with E-state index in [0.29, 0.717) is 18.2 Å². The highest BCUT2D eigenvalue weighted by Crippen LogP contribution is 2.54. The summed E-state index contributed by atoms with van der Waals surface area (Å²) in [6.07, 6.45) is -16.0. The number of carbonyl (C=O) groups excluding carboxylic acids is 6. The molecule has 4 heterocycles. The lowest BCUT2D eigenvalue weighted by atomic mass is 9.76. The summed E-state index contributed by atoms with van der Waals surface area (Å²) >= 11 is 0. The molecule has 8 unspecified atom stereocenters. The molecular formula is C42H32O26. The summed E-state index contributed by atoms with van der Waals surface area (Å²) in [5, 5.41) is 128. The minimum absolute atomic E-state index is 0.104. The van der Waals surface area contributed by atoms with E-state index in [1.807, 2.05) is 0 Å². The molecule has 0 amide bonds. The molecule has 4 aromatic carbocycles. The number of hydrogen-bond donors (Lipinski definition) is 12. The zero-order chi connectivity index (χ0) is 49.5. The lowest BCUT2D eigenvalue weighted by Crippen LogP contribution is -2.63. The molecule has 0 spiro atoms. The van der Waals surface area contributed by atoms with Gasteiger partial charge in [-0.25, -0.2) is 24.0 Å². The molecule has 356 valence electrons. The van der Waals surface area contributed by atoms with Gasteiger partial charge in [-0.3, -0.25) is 9.59 Å². The molecule has 26 heteroatoms. The molecule has 0 aliphatic carbocycles. The van der Waals surface area contributed by atoms with E-state index in [4.69, 9.17) is 33.2 Å². The number of aliphatic hydroxyl groups excluding tert-OH is 1. The van der Waals surface area contributed by atoms with E-state index in [1.165, 1.54) is 6.92 Å². The van der Waals surface area contributed by atoms with Gasteiger partial charge in [-0.15, -0.1) is 0 Å². The third-order valence-corrected chi connectivity index (χ3v) is 11.5. The van der Waals surface area contributed by atoms with E-state index >= 15 is 0 Å². The van der Waals surface area contributed by atoms with Gasteiger partial charge in [0.25, 0.3) is 0 Å². The molecule has 26 nitrogen and oxygen atoms in total. The maximum absolute atomic E-state index is 14.6. The average molecular weight is 953 g/mol. The van der Waals surface area contributed by atoms with E-state index in [9.17, 15) is 94.8 Å². The van der Waals surface area contributed by atoms with Gasteiger partial charge in [-0.05, 0) is 37.3 Å². The minimum atomic E-state index is -2.55. The van der Waals surface area contributed by atoms with Crippen molar-refractivity contribution < 1.29 is 128 Å². The molecular weight excluding hydrogens is 920 g/mol. The van der Waals surface area contributed by atoms with Crippen LogP contribution in [0.2, 0.25) is 0 Å². The number of aliphatic hydroxyl groups is 1. The first kappa shape index (κ1) is 45.7. The van der Waals surface area contributed by atoms with Crippen LogP contribution in [-0.4, -0.2) is 146 Å². The average Bonchev–Trinajstić information content (AvgIpc) is 3.28. The van der Waals surface area contributed by atoms with E-state index in [2.05, 4.69) is 0 Å². The maximum Gasteiger partial charge on any atom is 0.341 e. The predicted octanol–water partition coefficient (Wildman–Crippen LogP) is 0.601. The molecule has 1 fully saturated rings. The molecule has 4 aliphatic heterocycles. The van der Waals surface area contributed by atoms with Gasteiger partial charge in [0.15, 0.2) is 52.8 Å². The summed E-state index contributed by atoms with van der Waals surface area (Å²) < 4.78 is 39.1. The number of carbonyl (C=O) groups is 7. The van der Waals surface area contributed by atoms with Crippen molar-refractivity contribution in [3.05, 3.63) is 63.7 Å². The molecule has 4 aromatic rings. The summed E-state index contributed by atoms with van der Waals surface area (Å²) in [6.45, 7) is -0.0112. The quantitative estimate of drug-likeness (QED) is 0.0577. The molecule has 8 atom stereocenters. The standard InChI is InChI=1S/C42H32O26/c1-9-15(43)2-10(3-16(9)44)36(56)68-42-35-34-32(64-40(60)14(7-21(48)49)24-25-13(39(59)67-35)6-19(47)28(52)33(25)65-41(61)31(24)55)20(63-42)8-62-37(57)11-4-17(45)26(50)29(53)22(11)23-12(38(58)66-34)5-18(46)27(51)30(23)54/h2-6,14,20,24,31-32,34-35,42-47,50-55H,7-8H2,1H3,(H,48,49). The van der Waals surface area contributed by atoms with Gasteiger partial charge in [-0.2, -0.15) is 0 Å². The number of phenols is 10. The second kappa shape index (κ2) is 16.5. The number of ether oxygens (including phenoxy) is 7. The van der Waals surface area contributed by atoms with Crippen molar-refractivity contribution in [3.8, 4) is 74.4 Å². The van der Waals surface area contributed by atoms with Gasteiger partial charge in [0, 0.05) is 28.2 Å². The third kappa shape index (κ3) is 7.37. The second-order valence-corrected chi connectivity index (χ2v) is 15.5. The molecule has 0 radical (unpaired) electrons. The monoisotopic (exact) mass is 952 g/mol. The number of hydrogen-bond acceptors (Lipinski definition) is 25. The van der Waals surface area contributed by atoms with Gasteiger partial charge in [0.05, 0.1) is 34.6 Å². The van der Waals surface area contributed by atoms with Crippen LogP contribution in [0.5, 0.6) is 63.2 Å². The molecule has 0 saturated carbocycles. The number of rotatable bonds is 4. The fraction of sp³-hybridized carbons (Fsp3) is 0.262. The van der Waals surface area contributed by atoms with E-state index in [-0.39, 0.29) is 5.56 Å². The smallest absolute Gasteiger partial charge is 0.341 e. The van der Waals surface area contributed by atoms with Crippen LogP contribution in [0.25, 0.3) is 11.1 Å². The number of cyclic esters (lactones) is 1. The normalized spacial score (nSPS) is 24.3. The Bertz CT molecular complexity index is 2900. The lowest BCUT2D eigenvalue weighted by molar-refractivity contribution is -0.287. The van der Waals surface area contributed by atoms with E-state index < -0.39 is 206 Å². The van der Waals surface area contributed by atoms with Crippen LogP contribution in [0.15, 0.2) is 30.3 Å². The van der Waals surface area contributed by atoms with Crippen LogP contribution >= 0.6 is 0 Å². The SMILES string of the molecule is Cc1c(O)cc(C(=O)OC2OC3COC(=O)c4cc(O)c(O)c(O)c4-c4c(cc(O)c(O)c4O)C(=O)OC4C3OC(=O)C(CC(=O)O)C3c5c(cc(O)c(O)c5OC(=O)C3O)C(=O)OC24)cc1O. The van der Waals surface area contributed by atoms with Crippen LogP contribution in [-0.2, 0) is 42.8 Å². The van der Waals surface area contributed by atoms with Crippen molar-refractivity contribution in [3.63, 3.8) is 0 Å². The maximum atomic E-state index is 14.6. The topological polar surface area (TPSA) is 427 Å². The summed E-state index contributed by atoms with van der Waals surface area (Å²) in [4.78, 5) is 97.0. The fourth-order valence-corrected chi connectivity index (χ4v) is 8.12. The highest BCUT2D eigenvalue weighted by atomic mass is 16.7. The molecule has 1 saturated heterocycles. The largest absolute Gasteiger partial charge is 0.508 e. The number of benzene rings is 4. The van der Waals surface area contributed by atoms with Crippen molar-refractivity contribution in [1.82, 2.24) is 0 Å². The number of esters is 6. The third-order valence-electron chi connectivity index (χ3n) is 11.5. The molecule has 12 N–H and O–H groups in total. The van der Waals surface area contributed by atoms with E-state index in [0.717, 1.165) is 12.1 Å². The Morgan fingerprint density at radius 2 is 1.16 bits per heavy atom. The second-order valence-electron chi connectivity index (χ2n) is 15.5. The molecule has 4 bridgehead atoms. The highest BCUT2D eigenvalue weighted by molar-refractivity contribution is 6.08. The first-order chi connectivity index (χ1) is 32.0. The van der Waals surface area contributed by atoms with Crippen LogP contribution in [0.1, 0.15) is 64.9 Å². The number of phenolic OH excluding ortho intramolecular Hbond substituents is 10. The van der Waals surface area contributed by atoms with Gasteiger partial charge in [0.1, 0.15) is 24.2 Å². The summed E-state index contributed by atoms with van der Waals surface area (Å²) in [5.74, 6) is -29.6. The van der Waals surface area contributed by atoms with Crippen LogP contribution in [0.3, 0.4) is 0 Å². The number of aliphatic carboxylic acids is 1. The number of carboxylic acid groups (broad SMARTS) is 1. The van der Waals surface area contributed by atoms with Crippen LogP contribution < -0.4 is 4.74 Å².